The quantitative estimate of drug-likeness (QED) is 0.553. The predicted octanol–water partition coefficient (Wildman–Crippen LogP) is 4.22. The van der Waals surface area contributed by atoms with Gasteiger partial charge in [0.1, 0.15) is 30.0 Å². The Morgan fingerprint density at radius 3 is 2.32 bits per heavy atom. The molecule has 0 aliphatic carbocycles. The van der Waals surface area contributed by atoms with Crippen LogP contribution in [0.2, 0.25) is 0 Å². The molecule has 8 heteroatoms. The highest BCUT2D eigenvalue weighted by Crippen LogP contribution is 2.35. The number of para-hydroxylation sites is 1. The fourth-order valence-corrected chi connectivity index (χ4v) is 5.85. The monoisotopic (exact) mass is 511 g/mol. The van der Waals surface area contributed by atoms with E-state index in [1.54, 1.807) is 11.9 Å². The molecule has 6 rings (SSSR count). The molecular weight excluding hydrogens is 478 g/mol. The molecular formula is C30H33N5O3. The lowest BCUT2D eigenvalue weighted by Gasteiger charge is -2.46. The van der Waals surface area contributed by atoms with Crippen molar-refractivity contribution in [3.8, 4) is 11.5 Å². The number of benzene rings is 3. The Bertz CT molecular complexity index is 1330. The van der Waals surface area contributed by atoms with Crippen LogP contribution in [-0.4, -0.2) is 65.3 Å². The summed E-state index contributed by atoms with van der Waals surface area (Å²) < 4.78 is 5.98. The first kappa shape index (κ1) is 24.5. The molecule has 3 aromatic rings. The highest BCUT2D eigenvalue weighted by Gasteiger charge is 2.56. The molecule has 1 N–H and O–H groups in total. The van der Waals surface area contributed by atoms with Crippen LogP contribution in [0.4, 0.5) is 10.5 Å². The Morgan fingerprint density at radius 2 is 1.58 bits per heavy atom. The Labute approximate surface area is 223 Å². The maximum atomic E-state index is 13.9. The third kappa shape index (κ3) is 4.29. The van der Waals surface area contributed by atoms with Crippen molar-refractivity contribution >= 4 is 17.6 Å². The zero-order valence-electron chi connectivity index (χ0n) is 21.9. The van der Waals surface area contributed by atoms with Gasteiger partial charge in [0.2, 0.25) is 0 Å². The minimum atomic E-state index is -0.447. The van der Waals surface area contributed by atoms with Gasteiger partial charge in [-0.2, -0.15) is 0 Å². The molecule has 3 aliphatic rings. The van der Waals surface area contributed by atoms with E-state index in [2.05, 4.69) is 34.2 Å². The van der Waals surface area contributed by atoms with E-state index >= 15 is 0 Å². The number of carbonyl (C=O) groups is 2. The summed E-state index contributed by atoms with van der Waals surface area (Å²) in [5.74, 6) is 1.76. The molecule has 4 unspecified atom stereocenters. The molecule has 8 nitrogen and oxygen atoms in total. The first-order valence-corrected chi connectivity index (χ1v) is 13.1. The number of rotatable bonds is 5. The van der Waals surface area contributed by atoms with Crippen LogP contribution in [0.25, 0.3) is 0 Å². The van der Waals surface area contributed by atoms with Gasteiger partial charge in [0.15, 0.2) is 0 Å². The van der Waals surface area contributed by atoms with Crippen LogP contribution in [-0.2, 0) is 11.3 Å². The fourth-order valence-electron chi connectivity index (χ4n) is 5.85. The van der Waals surface area contributed by atoms with Crippen molar-refractivity contribution in [2.24, 2.45) is 5.92 Å². The van der Waals surface area contributed by atoms with Gasteiger partial charge in [0.05, 0.1) is 6.54 Å². The van der Waals surface area contributed by atoms with Crippen LogP contribution in [0.1, 0.15) is 18.1 Å². The van der Waals surface area contributed by atoms with E-state index < -0.39 is 6.04 Å². The van der Waals surface area contributed by atoms with Gasteiger partial charge < -0.3 is 14.5 Å². The topological polar surface area (TPSA) is 68.4 Å². The number of hydrogen-bond acceptors (Lipinski definition) is 6. The van der Waals surface area contributed by atoms with E-state index in [1.807, 2.05) is 73.7 Å². The molecule has 0 saturated carbocycles. The average molecular weight is 512 g/mol. The Morgan fingerprint density at radius 1 is 0.895 bits per heavy atom. The van der Waals surface area contributed by atoms with Crippen molar-refractivity contribution < 1.29 is 14.3 Å². The first-order chi connectivity index (χ1) is 18.4. The van der Waals surface area contributed by atoms with E-state index in [1.165, 1.54) is 4.90 Å². The summed E-state index contributed by atoms with van der Waals surface area (Å²) in [5.41, 5.74) is 3.09. The number of aryl methyl sites for hydroxylation is 1. The van der Waals surface area contributed by atoms with Gasteiger partial charge in [-0.15, -0.1) is 0 Å². The Hall–Kier alpha value is -3.88. The molecule has 196 valence electrons. The van der Waals surface area contributed by atoms with Crippen molar-refractivity contribution in [1.82, 2.24) is 20.0 Å². The van der Waals surface area contributed by atoms with Gasteiger partial charge in [-0.25, -0.2) is 4.79 Å². The molecule has 0 aromatic heterocycles. The van der Waals surface area contributed by atoms with Crippen LogP contribution in [0.15, 0.2) is 78.9 Å². The average Bonchev–Trinajstić information content (AvgIpc) is 3.31. The van der Waals surface area contributed by atoms with E-state index in [9.17, 15) is 9.59 Å². The number of urea groups is 1. The minimum Gasteiger partial charge on any atom is -0.457 e. The van der Waals surface area contributed by atoms with Crippen molar-refractivity contribution in [3.05, 3.63) is 90.0 Å². The standard InChI is InChI=1S/C30H33N5O3/c1-20-17-33(23-13-15-25(16-14-23)38-24-11-5-4-6-12-24)29-31-27-26(34(29)18-20)28(36)35(30(37)32(27)3)19-22-10-8-7-9-21(22)2/h4-16,20,26-27,29,31H,17-19H2,1-3H3. The molecule has 3 aromatic carbocycles. The summed E-state index contributed by atoms with van der Waals surface area (Å²) in [7, 11) is 1.78. The predicted molar refractivity (Wildman–Crippen MR) is 146 cm³/mol. The molecule has 3 heterocycles. The molecule has 3 amide bonds. The number of amides is 3. The highest BCUT2D eigenvalue weighted by molar-refractivity contribution is 6.00. The van der Waals surface area contributed by atoms with E-state index in [0.29, 0.717) is 5.92 Å². The molecule has 38 heavy (non-hydrogen) atoms. The van der Waals surface area contributed by atoms with Crippen molar-refractivity contribution in [3.63, 3.8) is 0 Å². The summed E-state index contributed by atoms with van der Waals surface area (Å²) in [5, 5.41) is 3.60. The van der Waals surface area contributed by atoms with Gasteiger partial charge in [-0.05, 0) is 60.4 Å². The minimum absolute atomic E-state index is 0.142. The highest BCUT2D eigenvalue weighted by atomic mass is 16.5. The molecule has 3 fully saturated rings. The molecule has 0 bridgehead atoms. The lowest BCUT2D eigenvalue weighted by molar-refractivity contribution is -0.139. The maximum absolute atomic E-state index is 13.9. The smallest absolute Gasteiger partial charge is 0.328 e. The second-order valence-corrected chi connectivity index (χ2v) is 10.5. The number of imide groups is 1. The first-order valence-electron chi connectivity index (χ1n) is 13.1. The second-order valence-electron chi connectivity index (χ2n) is 10.5. The lowest BCUT2D eigenvalue weighted by atomic mass is 10.0. The normalized spacial score (nSPS) is 25.4. The number of fused-ring (bicyclic) bond motifs is 3. The van der Waals surface area contributed by atoms with Crippen LogP contribution in [0, 0.1) is 12.8 Å². The van der Waals surface area contributed by atoms with E-state index in [-0.39, 0.29) is 30.9 Å². The zero-order valence-corrected chi connectivity index (χ0v) is 21.9. The summed E-state index contributed by atoms with van der Waals surface area (Å²) >= 11 is 0. The molecule has 3 saturated heterocycles. The Kier molecular flexibility index (Phi) is 6.29. The number of nitrogens with one attached hydrogen (secondary N) is 1. The summed E-state index contributed by atoms with van der Waals surface area (Å²) in [6.45, 7) is 6.10. The molecule has 4 atom stereocenters. The van der Waals surface area contributed by atoms with Crippen molar-refractivity contribution in [1.29, 1.82) is 0 Å². The van der Waals surface area contributed by atoms with Gasteiger partial charge >= 0.3 is 6.03 Å². The molecule has 3 aliphatic heterocycles. The lowest BCUT2D eigenvalue weighted by Crippen LogP contribution is -2.66. The van der Waals surface area contributed by atoms with Crippen molar-refractivity contribution in [2.45, 2.75) is 38.9 Å². The number of likely N-dealkylation sites (N-methyl/N-ethyl adjacent to an activating group) is 1. The number of hydrogen-bond donors (Lipinski definition) is 1. The summed E-state index contributed by atoms with van der Waals surface area (Å²) in [4.78, 5) is 34.8. The van der Waals surface area contributed by atoms with Crippen molar-refractivity contribution in [2.75, 3.05) is 25.0 Å². The number of anilines is 1. The van der Waals surface area contributed by atoms with Gasteiger partial charge in [0, 0.05) is 25.8 Å². The molecule has 0 radical (unpaired) electrons. The maximum Gasteiger partial charge on any atom is 0.328 e. The van der Waals surface area contributed by atoms with Gasteiger partial charge in [-0.3, -0.25) is 19.9 Å². The third-order valence-electron chi connectivity index (χ3n) is 7.82. The number of nitrogens with zero attached hydrogens (tertiary/aromatic N) is 4. The van der Waals surface area contributed by atoms with Crippen LogP contribution >= 0.6 is 0 Å². The fraction of sp³-hybridized carbons (Fsp3) is 0.333. The number of carbonyl (C=O) groups excluding carboxylic acids is 2. The zero-order chi connectivity index (χ0) is 26.4. The summed E-state index contributed by atoms with van der Waals surface area (Å²) in [6, 6.07) is 25.0. The Balaban J connectivity index is 1.25. The van der Waals surface area contributed by atoms with Crippen LogP contribution in [0.5, 0.6) is 11.5 Å². The number of ether oxygens (including phenoxy) is 1. The van der Waals surface area contributed by atoms with Crippen LogP contribution in [0.3, 0.4) is 0 Å². The summed E-state index contributed by atoms with van der Waals surface area (Å²) in [6.07, 6.45) is -0.582. The van der Waals surface area contributed by atoms with Gasteiger partial charge in [-0.1, -0.05) is 49.4 Å². The van der Waals surface area contributed by atoms with E-state index in [4.69, 9.17) is 4.74 Å². The van der Waals surface area contributed by atoms with Crippen LogP contribution < -0.4 is 15.0 Å². The second kappa shape index (κ2) is 9.78. The molecule has 0 spiro atoms. The SMILES string of the molecule is Cc1ccccc1CN1C(=O)C2C(NC3N(c4ccc(Oc5ccccc5)cc4)CC(C)CN23)N(C)C1=O. The third-order valence-corrected chi connectivity index (χ3v) is 7.82. The van der Waals surface area contributed by atoms with Gasteiger partial charge in [0.25, 0.3) is 5.91 Å². The van der Waals surface area contributed by atoms with E-state index in [0.717, 1.165) is 41.4 Å². The largest absolute Gasteiger partial charge is 0.457 e.